The van der Waals surface area contributed by atoms with E-state index in [1.165, 1.54) is 19.1 Å². The lowest BCUT2D eigenvalue weighted by Crippen LogP contribution is -2.32. The molecule has 0 bridgehead atoms. The topological polar surface area (TPSA) is 55.4 Å². The number of benzene rings is 1. The molecular formula is C13H14FNO3. The van der Waals surface area contributed by atoms with Crippen LogP contribution in [0.5, 0.6) is 5.75 Å². The number of rotatable bonds is 2. The molecule has 1 heterocycles. The maximum Gasteiger partial charge on any atom is 0.287 e. The van der Waals surface area contributed by atoms with E-state index >= 15 is 0 Å². The Kier molecular flexibility index (Phi) is 3.60. The van der Waals surface area contributed by atoms with E-state index in [2.05, 4.69) is 5.32 Å². The second-order valence-electron chi connectivity index (χ2n) is 4.26. The molecule has 0 radical (unpaired) electrons. The zero-order chi connectivity index (χ0) is 13.1. The summed E-state index contributed by atoms with van der Waals surface area (Å²) in [6.07, 6.45) is 1.36. The number of ether oxygens (including phenoxy) is 1. The quantitative estimate of drug-likeness (QED) is 0.815. The number of carbonyl (C=O) groups is 2. The number of hydrogen-bond acceptors (Lipinski definition) is 3. The highest BCUT2D eigenvalue weighted by Gasteiger charge is 2.23. The molecule has 1 atom stereocenters. The number of hydrogen-bond donors (Lipinski definition) is 1. The third-order valence-corrected chi connectivity index (χ3v) is 2.87. The molecule has 96 valence electrons. The summed E-state index contributed by atoms with van der Waals surface area (Å²) in [5, 5.41) is 2.61. The molecule has 1 aromatic carbocycles. The highest BCUT2D eigenvalue weighted by atomic mass is 19.1. The van der Waals surface area contributed by atoms with Crippen LogP contribution >= 0.6 is 0 Å². The van der Waals surface area contributed by atoms with Gasteiger partial charge in [-0.2, -0.15) is 0 Å². The Labute approximate surface area is 104 Å². The molecule has 18 heavy (non-hydrogen) atoms. The van der Waals surface area contributed by atoms with E-state index in [-0.39, 0.29) is 11.9 Å². The van der Waals surface area contributed by atoms with Crippen LogP contribution in [0, 0.1) is 5.82 Å². The summed E-state index contributed by atoms with van der Waals surface area (Å²) in [7, 11) is 0. The maximum atomic E-state index is 13.3. The zero-order valence-electron chi connectivity index (χ0n) is 10.0. The van der Waals surface area contributed by atoms with Crippen molar-refractivity contribution in [3.63, 3.8) is 0 Å². The van der Waals surface area contributed by atoms with Crippen molar-refractivity contribution in [2.24, 2.45) is 0 Å². The van der Waals surface area contributed by atoms with Crippen molar-refractivity contribution >= 4 is 11.7 Å². The van der Waals surface area contributed by atoms with E-state index in [0.29, 0.717) is 24.3 Å². The maximum absolute atomic E-state index is 13.3. The number of halogens is 1. The van der Waals surface area contributed by atoms with Gasteiger partial charge < -0.3 is 10.1 Å². The Balaban J connectivity index is 2.29. The Morgan fingerprint density at radius 2 is 2.22 bits per heavy atom. The molecule has 0 spiro atoms. The first-order chi connectivity index (χ1) is 8.58. The molecule has 1 unspecified atom stereocenters. The number of amides is 1. The predicted octanol–water partition coefficient (Wildman–Crippen LogP) is 1.74. The number of ketones is 1. The van der Waals surface area contributed by atoms with Gasteiger partial charge in [0, 0.05) is 12.5 Å². The summed E-state index contributed by atoms with van der Waals surface area (Å²) < 4.78 is 18.7. The van der Waals surface area contributed by atoms with Crippen molar-refractivity contribution in [2.75, 3.05) is 6.61 Å². The molecular weight excluding hydrogens is 237 g/mol. The van der Waals surface area contributed by atoms with E-state index in [1.807, 2.05) is 0 Å². The molecule has 1 aliphatic heterocycles. The molecule has 5 heteroatoms. The molecule has 2 rings (SSSR count). The molecule has 4 nitrogen and oxygen atoms in total. The number of nitrogens with one attached hydrogen (secondary N) is 1. The lowest BCUT2D eigenvalue weighted by Gasteiger charge is -2.17. The summed E-state index contributed by atoms with van der Waals surface area (Å²) in [4.78, 5) is 22.4. The average Bonchev–Trinajstić information content (AvgIpc) is 2.52. The third kappa shape index (κ3) is 2.67. The summed E-state index contributed by atoms with van der Waals surface area (Å²) in [6, 6.07) is 3.82. The van der Waals surface area contributed by atoms with Gasteiger partial charge in [-0.15, -0.1) is 0 Å². The van der Waals surface area contributed by atoms with Crippen molar-refractivity contribution in [1.82, 2.24) is 5.32 Å². The SMILES string of the molecule is CC(=O)C(=O)NC1CCCOc2ccc(F)cc21. The monoisotopic (exact) mass is 251 g/mol. The molecule has 1 aromatic rings. The van der Waals surface area contributed by atoms with Gasteiger partial charge in [0.25, 0.3) is 5.91 Å². The van der Waals surface area contributed by atoms with Gasteiger partial charge in [-0.1, -0.05) is 0 Å². The summed E-state index contributed by atoms with van der Waals surface area (Å²) in [6.45, 7) is 1.72. The second-order valence-corrected chi connectivity index (χ2v) is 4.26. The first-order valence-corrected chi connectivity index (χ1v) is 5.81. The molecule has 1 amide bonds. The van der Waals surface area contributed by atoms with Crippen LogP contribution in [0.4, 0.5) is 4.39 Å². The van der Waals surface area contributed by atoms with Crippen LogP contribution < -0.4 is 10.1 Å². The minimum absolute atomic E-state index is 0.380. The van der Waals surface area contributed by atoms with Crippen molar-refractivity contribution < 1.29 is 18.7 Å². The molecule has 0 saturated carbocycles. The first-order valence-electron chi connectivity index (χ1n) is 5.81. The van der Waals surface area contributed by atoms with Gasteiger partial charge in [0.05, 0.1) is 12.6 Å². The van der Waals surface area contributed by atoms with Crippen LogP contribution in [0.3, 0.4) is 0 Å². The average molecular weight is 251 g/mol. The standard InChI is InChI=1S/C13H14FNO3/c1-8(16)13(17)15-11-3-2-6-18-12-5-4-9(14)7-10(11)12/h4-5,7,11H,2-3,6H2,1H3,(H,15,17). The Hall–Kier alpha value is -1.91. The zero-order valence-corrected chi connectivity index (χ0v) is 10.0. The third-order valence-electron chi connectivity index (χ3n) is 2.87. The molecule has 0 aliphatic carbocycles. The van der Waals surface area contributed by atoms with E-state index in [0.717, 1.165) is 6.42 Å². The molecule has 0 fully saturated rings. The number of Topliss-reactive ketones (excluding diaryl/α,β-unsaturated/α-hetero) is 1. The van der Waals surface area contributed by atoms with Crippen molar-refractivity contribution in [1.29, 1.82) is 0 Å². The van der Waals surface area contributed by atoms with Crippen LogP contribution in [0.15, 0.2) is 18.2 Å². The van der Waals surface area contributed by atoms with Crippen molar-refractivity contribution in [3.8, 4) is 5.75 Å². The van der Waals surface area contributed by atoms with Gasteiger partial charge in [-0.3, -0.25) is 9.59 Å². The van der Waals surface area contributed by atoms with Crippen LogP contribution in [-0.2, 0) is 9.59 Å². The van der Waals surface area contributed by atoms with Crippen LogP contribution in [-0.4, -0.2) is 18.3 Å². The van der Waals surface area contributed by atoms with Gasteiger partial charge in [0.15, 0.2) is 0 Å². The highest BCUT2D eigenvalue weighted by Crippen LogP contribution is 2.31. The van der Waals surface area contributed by atoms with E-state index < -0.39 is 11.7 Å². The number of fused-ring (bicyclic) bond motifs is 1. The fourth-order valence-corrected chi connectivity index (χ4v) is 1.96. The van der Waals surface area contributed by atoms with Crippen molar-refractivity contribution in [2.45, 2.75) is 25.8 Å². The van der Waals surface area contributed by atoms with Gasteiger partial charge >= 0.3 is 0 Å². The Morgan fingerprint density at radius 1 is 1.44 bits per heavy atom. The van der Waals surface area contributed by atoms with Crippen molar-refractivity contribution in [3.05, 3.63) is 29.6 Å². The summed E-state index contributed by atoms with van der Waals surface area (Å²) in [5.41, 5.74) is 0.585. The van der Waals surface area contributed by atoms with Crippen LogP contribution in [0.25, 0.3) is 0 Å². The van der Waals surface area contributed by atoms with Crippen LogP contribution in [0.1, 0.15) is 31.4 Å². The molecule has 0 saturated heterocycles. The van der Waals surface area contributed by atoms with E-state index in [4.69, 9.17) is 4.74 Å². The summed E-state index contributed by atoms with van der Waals surface area (Å²) in [5.74, 6) is -1.04. The fourth-order valence-electron chi connectivity index (χ4n) is 1.96. The molecule has 1 N–H and O–H groups in total. The Bertz CT molecular complexity index is 487. The second kappa shape index (κ2) is 5.16. The summed E-state index contributed by atoms with van der Waals surface area (Å²) >= 11 is 0. The van der Waals surface area contributed by atoms with E-state index in [9.17, 15) is 14.0 Å². The van der Waals surface area contributed by atoms with Gasteiger partial charge in [0.1, 0.15) is 11.6 Å². The lowest BCUT2D eigenvalue weighted by atomic mass is 10.0. The van der Waals surface area contributed by atoms with Gasteiger partial charge in [-0.25, -0.2) is 4.39 Å². The highest BCUT2D eigenvalue weighted by molar-refractivity contribution is 6.35. The lowest BCUT2D eigenvalue weighted by molar-refractivity contribution is -0.137. The van der Waals surface area contributed by atoms with E-state index in [1.54, 1.807) is 6.07 Å². The minimum atomic E-state index is -0.655. The smallest absolute Gasteiger partial charge is 0.287 e. The van der Waals surface area contributed by atoms with Gasteiger partial charge in [0.2, 0.25) is 5.78 Å². The molecule has 0 aromatic heterocycles. The Morgan fingerprint density at radius 3 is 2.94 bits per heavy atom. The van der Waals surface area contributed by atoms with Crippen LogP contribution in [0.2, 0.25) is 0 Å². The largest absolute Gasteiger partial charge is 0.493 e. The predicted molar refractivity (Wildman–Crippen MR) is 62.7 cm³/mol. The minimum Gasteiger partial charge on any atom is -0.493 e. The number of carbonyl (C=O) groups excluding carboxylic acids is 2. The normalized spacial score (nSPS) is 18.2. The first kappa shape index (κ1) is 12.5. The molecule has 1 aliphatic rings. The fraction of sp³-hybridized carbons (Fsp3) is 0.385. The van der Waals surface area contributed by atoms with Gasteiger partial charge in [-0.05, 0) is 31.0 Å².